The second-order valence-electron chi connectivity index (χ2n) is 26.3. The summed E-state index contributed by atoms with van der Waals surface area (Å²) in [5, 5.41) is 285. The van der Waals surface area contributed by atoms with Gasteiger partial charge in [0.25, 0.3) is 0 Å². The number of cyclic esters (lactones) is 3. The van der Waals surface area contributed by atoms with Crippen LogP contribution in [0.5, 0.6) is 167 Å². The number of aldehydes is 1. The number of aromatic hydroxyl groups is 25. The molecule has 123 heavy (non-hydrogen) atoms. The van der Waals surface area contributed by atoms with Crippen LogP contribution in [-0.2, 0) is 52.2 Å². The zero-order chi connectivity index (χ0) is 89.7. The Morgan fingerprint density at radius 1 is 0.382 bits per heavy atom. The smallest absolute Gasteiger partial charge is 0.343 e. The summed E-state index contributed by atoms with van der Waals surface area (Å²) in [6, 6.07) is 3.81. The molecule has 0 aromatic heterocycles. The molecule has 48 heteroatoms. The predicted molar refractivity (Wildman–Crippen MR) is 380 cm³/mol. The first-order valence-electron chi connectivity index (χ1n) is 33.9. The largest absolute Gasteiger partial charge is 0.504 e. The van der Waals surface area contributed by atoms with Crippen molar-refractivity contribution in [1.29, 1.82) is 0 Å². The van der Waals surface area contributed by atoms with Gasteiger partial charge in [0.2, 0.25) is 64.1 Å². The minimum absolute atomic E-state index is 0.0677. The summed E-state index contributed by atoms with van der Waals surface area (Å²) in [7, 11) is 0. The van der Waals surface area contributed by atoms with Crippen LogP contribution in [0.25, 0.3) is 22.3 Å². The third-order valence-electron chi connectivity index (χ3n) is 18.8. The molecule has 4 aliphatic heterocycles. The summed E-state index contributed by atoms with van der Waals surface area (Å²) in [6.07, 6.45) is -26.5. The molecule has 9 atom stereocenters. The first-order chi connectivity index (χ1) is 57.9. The van der Waals surface area contributed by atoms with Crippen molar-refractivity contribution in [2.45, 2.75) is 55.1 Å². The molecule has 9 unspecified atom stereocenters. The second-order valence-corrected chi connectivity index (χ2v) is 26.3. The number of rotatable bonds is 11. The average Bonchev–Trinajstić information content (AvgIpc) is 1.73. The molecule has 4 aliphatic rings. The van der Waals surface area contributed by atoms with Gasteiger partial charge in [-0.25, -0.2) is 43.2 Å². The van der Waals surface area contributed by atoms with Crippen LogP contribution in [0.3, 0.4) is 0 Å². The van der Waals surface area contributed by atoms with Crippen LogP contribution in [0, 0.1) is 0 Å². The number of fused-ring (bicyclic) bond motifs is 11. The van der Waals surface area contributed by atoms with Gasteiger partial charge in [-0.2, -0.15) is 0 Å². The molecule has 13 rings (SSSR count). The van der Waals surface area contributed by atoms with Crippen molar-refractivity contribution < 1.29 is 238 Å². The van der Waals surface area contributed by atoms with E-state index in [9.17, 15) is 171 Å². The molecule has 48 nitrogen and oxygen atoms in total. The highest BCUT2D eigenvalue weighted by molar-refractivity contribution is 6.10. The number of benzene rings is 9. The lowest BCUT2D eigenvalue weighted by atomic mass is 9.92. The number of hydrogen-bond acceptors (Lipinski definition) is 48. The Morgan fingerprint density at radius 2 is 0.805 bits per heavy atom. The summed E-state index contributed by atoms with van der Waals surface area (Å²) >= 11 is 0. The van der Waals surface area contributed by atoms with Gasteiger partial charge in [-0.3, -0.25) is 4.79 Å². The fourth-order valence-electron chi connectivity index (χ4n) is 12.8. The molecule has 0 aliphatic carbocycles. The van der Waals surface area contributed by atoms with E-state index in [-0.39, 0.29) is 24.3 Å². The van der Waals surface area contributed by atoms with Gasteiger partial charge in [0.1, 0.15) is 36.5 Å². The van der Waals surface area contributed by atoms with E-state index in [2.05, 4.69) is 0 Å². The molecule has 1 saturated heterocycles. The Bertz CT molecular complexity index is 6080. The maximum atomic E-state index is 15.6. The van der Waals surface area contributed by atoms with Gasteiger partial charge in [0.15, 0.2) is 152 Å². The average molecular weight is 1720 g/mol. The SMILES string of the molecule is O=CC(OC(=O)c1cc(O)c(O)c(O)c1Oc1cc2c(c(O)c1O)Oc1cc(cc(O)c1O)C(=O)OC1OC3COC(=O)c4cc(O)c(O)c(O)c4-c4c(cc(O)c(O)c4O)C(=O)OC3C(OC(=O)c3cc(O)c(O)c(O)c3)C1OC2=O)C(OC(=O)c1cc(O)c(O)c(O)c1)C1OC(=O)c2cc(O)c(O)c(O)c2-c2c(cc(O)c(O)c2O)C(=O)OCC1O. The lowest BCUT2D eigenvalue weighted by molar-refractivity contribution is -0.282. The van der Waals surface area contributed by atoms with Crippen LogP contribution in [0.4, 0.5) is 0 Å². The van der Waals surface area contributed by atoms with Crippen molar-refractivity contribution in [3.05, 3.63) is 123 Å². The molecule has 640 valence electrons. The van der Waals surface area contributed by atoms with Crippen molar-refractivity contribution in [3.8, 4) is 189 Å². The third-order valence-corrected chi connectivity index (χ3v) is 18.8. The minimum atomic E-state index is -3.12. The number of esters is 9. The molecule has 4 heterocycles. The summed E-state index contributed by atoms with van der Waals surface area (Å²) in [5.74, 6) is -61.6. The van der Waals surface area contributed by atoms with Crippen molar-refractivity contribution in [2.75, 3.05) is 13.2 Å². The molecule has 0 spiro atoms. The predicted octanol–water partition coefficient (Wildman–Crippen LogP) is 2.99. The molecule has 9 aromatic rings. The number of carbonyl (C=O) groups is 10. The van der Waals surface area contributed by atoms with E-state index in [4.69, 9.17) is 56.8 Å². The highest BCUT2D eigenvalue weighted by Crippen LogP contribution is 2.58. The first-order valence-corrected chi connectivity index (χ1v) is 33.9. The second kappa shape index (κ2) is 31.1. The zero-order valence-corrected chi connectivity index (χ0v) is 60.2. The van der Waals surface area contributed by atoms with Crippen LogP contribution >= 0.6 is 0 Å². The van der Waals surface area contributed by atoms with E-state index in [1.54, 1.807) is 0 Å². The molecule has 9 aromatic carbocycles. The Kier molecular flexibility index (Phi) is 21.1. The lowest BCUT2D eigenvalue weighted by Gasteiger charge is -2.44. The van der Waals surface area contributed by atoms with Crippen molar-refractivity contribution >= 4 is 60.0 Å². The normalized spacial score (nSPS) is 18.6. The van der Waals surface area contributed by atoms with Crippen LogP contribution in [-0.4, -0.2) is 261 Å². The molecular weight excluding hydrogens is 1670 g/mol. The monoisotopic (exact) mass is 1720 g/mol. The van der Waals surface area contributed by atoms with Crippen LogP contribution in [0.15, 0.2) is 72.8 Å². The van der Waals surface area contributed by atoms with Gasteiger partial charge >= 0.3 is 53.7 Å². The first kappa shape index (κ1) is 83.3. The van der Waals surface area contributed by atoms with Crippen molar-refractivity contribution in [2.24, 2.45) is 0 Å². The fourth-order valence-corrected chi connectivity index (χ4v) is 12.8. The van der Waals surface area contributed by atoms with E-state index < -0.39 is 367 Å². The standard InChI is InChI=1S/C75H52O48/c76-13-38(62(119-66(103)16-1-25(77)44(88)26(78)2-16)61-35(87)14-112-69(106)19-7-30(82)47(91)53(97)40(19)42-21(71(108)118-61)9-32(84)49(93)55(42)99)116-73(110)23-11-34(86)51(95)57(101)59(23)115-37-12-24-60(58(102)52(37)96)114-36-6-18(5-29(81)46(36)90)68(105)123-75-65(122-74(24)111)64(121-67(104)17-3-27(79)45(89)28(80)4-17)63-39(117-75)15-113-70(107)20-8-31(83)48(92)54(98)41(20)43-22(72(109)120-63)10-33(85)50(94)56(43)100/h1-13,35,38-39,61-65,75,77-102H,14-15H2. The van der Waals surface area contributed by atoms with Crippen molar-refractivity contribution in [1.82, 2.24) is 0 Å². The lowest BCUT2D eigenvalue weighted by Crippen LogP contribution is -2.63. The van der Waals surface area contributed by atoms with E-state index >= 15 is 9.59 Å². The maximum Gasteiger partial charge on any atom is 0.343 e. The number of aliphatic hydroxyl groups excluding tert-OH is 1. The Balaban J connectivity index is 0.937. The highest BCUT2D eigenvalue weighted by atomic mass is 16.8. The van der Waals surface area contributed by atoms with E-state index in [1.807, 2.05) is 0 Å². The van der Waals surface area contributed by atoms with Gasteiger partial charge < -0.3 is 190 Å². The van der Waals surface area contributed by atoms with Gasteiger partial charge in [-0.15, -0.1) is 0 Å². The van der Waals surface area contributed by atoms with E-state index in [0.29, 0.717) is 48.5 Å². The number of hydrogen-bond donors (Lipinski definition) is 26. The third kappa shape index (κ3) is 14.5. The van der Waals surface area contributed by atoms with Crippen LogP contribution in [0.1, 0.15) is 93.2 Å². The molecule has 2 bridgehead atoms. The quantitative estimate of drug-likeness (QED) is 0.0383. The maximum absolute atomic E-state index is 15.6. The van der Waals surface area contributed by atoms with E-state index in [0.717, 1.165) is 0 Å². The number of phenols is 25. The Labute approximate surface area is 675 Å². The van der Waals surface area contributed by atoms with Gasteiger partial charge in [-0.05, 0) is 60.7 Å². The highest BCUT2D eigenvalue weighted by Gasteiger charge is 2.56. The minimum Gasteiger partial charge on any atom is -0.504 e. The summed E-state index contributed by atoms with van der Waals surface area (Å²) in [4.78, 5) is 146. The number of carbonyl (C=O) groups excluding carboxylic acids is 10. The van der Waals surface area contributed by atoms with E-state index in [1.165, 1.54) is 0 Å². The van der Waals surface area contributed by atoms with Gasteiger partial charge in [-0.1, -0.05) is 0 Å². The van der Waals surface area contributed by atoms with Crippen LogP contribution in [0.2, 0.25) is 0 Å². The molecular formula is C75H52O48. The molecule has 0 radical (unpaired) electrons. The molecule has 0 saturated carbocycles. The Morgan fingerprint density at radius 3 is 1.30 bits per heavy atom. The zero-order valence-electron chi connectivity index (χ0n) is 60.2. The molecule has 1 fully saturated rings. The number of aliphatic hydroxyl groups is 1. The topological polar surface area (TPSA) is 807 Å². The van der Waals surface area contributed by atoms with Gasteiger partial charge in [0, 0.05) is 34.4 Å². The molecule has 0 amide bonds. The van der Waals surface area contributed by atoms with Crippen molar-refractivity contribution in [3.63, 3.8) is 0 Å². The number of ether oxygens (including phenoxy) is 12. The van der Waals surface area contributed by atoms with Crippen LogP contribution < -0.4 is 9.47 Å². The Hall–Kier alpha value is -17.6. The summed E-state index contributed by atoms with van der Waals surface area (Å²) in [6.45, 7) is -3.10. The molecule has 26 N–H and O–H groups in total. The fraction of sp³-hybridized carbons (Fsp3) is 0.147. The summed E-state index contributed by atoms with van der Waals surface area (Å²) < 4.78 is 67.1. The van der Waals surface area contributed by atoms with Gasteiger partial charge in [0.05, 0.1) is 38.9 Å². The number of phenolic OH excluding ortho intramolecular Hbond substituents is 25. The summed E-state index contributed by atoms with van der Waals surface area (Å²) in [5.41, 5.74) is -16.1.